The molecular formula is C13H14FNO2. The van der Waals surface area contributed by atoms with E-state index in [1.54, 1.807) is 18.3 Å². The highest BCUT2D eigenvalue weighted by atomic mass is 19.1. The first kappa shape index (κ1) is 11.6. The number of benzene rings is 1. The second-order valence-corrected chi connectivity index (χ2v) is 4.47. The number of hydrogen-bond donors (Lipinski definition) is 2. The zero-order valence-corrected chi connectivity index (χ0v) is 9.70. The number of aromatic nitrogens is 1. The highest BCUT2D eigenvalue weighted by Gasteiger charge is 2.27. The second-order valence-electron chi connectivity index (χ2n) is 4.47. The summed E-state index contributed by atoms with van der Waals surface area (Å²) in [4.78, 5) is 14.2. The molecule has 0 fully saturated rings. The summed E-state index contributed by atoms with van der Waals surface area (Å²) in [5.41, 5.74) is 1.15. The first-order chi connectivity index (χ1) is 8.02. The number of hydrogen-bond acceptors (Lipinski definition) is 1. The van der Waals surface area contributed by atoms with Crippen LogP contribution in [0.5, 0.6) is 0 Å². The third kappa shape index (κ3) is 1.90. The molecular weight excluding hydrogens is 221 g/mol. The number of carbonyl (C=O) groups is 1. The van der Waals surface area contributed by atoms with Crippen LogP contribution in [0.1, 0.15) is 25.3 Å². The van der Waals surface area contributed by atoms with Gasteiger partial charge in [0.1, 0.15) is 5.82 Å². The van der Waals surface area contributed by atoms with Crippen LogP contribution in [0.15, 0.2) is 24.4 Å². The van der Waals surface area contributed by atoms with Gasteiger partial charge in [-0.1, -0.05) is 19.9 Å². The lowest BCUT2D eigenvalue weighted by atomic mass is 9.88. The maximum Gasteiger partial charge on any atom is 0.311 e. The molecule has 0 spiro atoms. The van der Waals surface area contributed by atoms with Crippen LogP contribution in [-0.2, 0) is 4.79 Å². The van der Waals surface area contributed by atoms with Crippen molar-refractivity contribution >= 4 is 16.9 Å². The maximum atomic E-state index is 13.8. The fourth-order valence-electron chi connectivity index (χ4n) is 2.19. The molecule has 1 heterocycles. The van der Waals surface area contributed by atoms with E-state index in [2.05, 4.69) is 4.98 Å². The average Bonchev–Trinajstić information content (AvgIpc) is 2.62. The van der Waals surface area contributed by atoms with Gasteiger partial charge in [-0.2, -0.15) is 0 Å². The van der Waals surface area contributed by atoms with Gasteiger partial charge in [-0.05, 0) is 23.6 Å². The van der Waals surface area contributed by atoms with Crippen LogP contribution in [-0.4, -0.2) is 16.1 Å². The summed E-state index contributed by atoms with van der Waals surface area (Å²) >= 11 is 0. The lowest BCUT2D eigenvalue weighted by molar-refractivity contribution is -0.139. The van der Waals surface area contributed by atoms with Gasteiger partial charge in [-0.25, -0.2) is 4.39 Å². The van der Waals surface area contributed by atoms with Crippen LogP contribution >= 0.6 is 0 Å². The van der Waals surface area contributed by atoms with Crippen molar-refractivity contribution in [2.45, 2.75) is 19.8 Å². The Bertz CT molecular complexity index is 560. The number of carboxylic acids is 1. The average molecular weight is 235 g/mol. The third-order valence-electron chi connectivity index (χ3n) is 2.95. The molecule has 0 saturated heterocycles. The molecule has 1 atom stereocenters. The Balaban J connectivity index is 2.66. The molecule has 0 aliphatic carbocycles. The smallest absolute Gasteiger partial charge is 0.311 e. The van der Waals surface area contributed by atoms with E-state index in [9.17, 15) is 14.3 Å². The first-order valence-electron chi connectivity index (χ1n) is 5.50. The molecule has 2 N–H and O–H groups in total. The molecule has 0 radical (unpaired) electrons. The van der Waals surface area contributed by atoms with Crippen molar-refractivity contribution in [3.8, 4) is 0 Å². The van der Waals surface area contributed by atoms with E-state index in [4.69, 9.17) is 0 Å². The van der Waals surface area contributed by atoms with Crippen molar-refractivity contribution in [3.63, 3.8) is 0 Å². The minimum absolute atomic E-state index is 0.0916. The number of aromatic amines is 1. The SMILES string of the molecule is CC(C)C(C(=O)O)c1c[nH]c2cccc(F)c12. The van der Waals surface area contributed by atoms with Crippen LogP contribution in [0.3, 0.4) is 0 Å². The van der Waals surface area contributed by atoms with Gasteiger partial charge < -0.3 is 10.1 Å². The summed E-state index contributed by atoms with van der Waals surface area (Å²) in [6, 6.07) is 4.68. The molecule has 0 saturated carbocycles. The zero-order chi connectivity index (χ0) is 12.6. The normalized spacial score (nSPS) is 13.2. The minimum Gasteiger partial charge on any atom is -0.481 e. The Morgan fingerprint density at radius 2 is 2.12 bits per heavy atom. The molecule has 1 aromatic heterocycles. The summed E-state index contributed by atoms with van der Waals surface area (Å²) in [5.74, 6) is -2.10. The van der Waals surface area contributed by atoms with E-state index in [0.29, 0.717) is 16.5 Å². The van der Waals surface area contributed by atoms with E-state index in [0.717, 1.165) is 0 Å². The van der Waals surface area contributed by atoms with Gasteiger partial charge in [-0.3, -0.25) is 4.79 Å². The van der Waals surface area contributed by atoms with E-state index in [-0.39, 0.29) is 11.7 Å². The number of nitrogens with one attached hydrogen (secondary N) is 1. The van der Waals surface area contributed by atoms with Crippen LogP contribution in [0, 0.1) is 11.7 Å². The Hall–Kier alpha value is -1.84. The summed E-state index contributed by atoms with van der Waals surface area (Å²) in [7, 11) is 0. The topological polar surface area (TPSA) is 53.1 Å². The Labute approximate surface area is 98.3 Å². The molecule has 1 unspecified atom stereocenters. The second kappa shape index (κ2) is 4.20. The largest absolute Gasteiger partial charge is 0.481 e. The fourth-order valence-corrected chi connectivity index (χ4v) is 2.19. The minimum atomic E-state index is -0.927. The number of aliphatic carboxylic acids is 1. The van der Waals surface area contributed by atoms with Crippen LogP contribution in [0.2, 0.25) is 0 Å². The number of halogens is 1. The molecule has 2 aromatic rings. The number of H-pyrrole nitrogens is 1. The lowest BCUT2D eigenvalue weighted by Gasteiger charge is -2.15. The molecule has 0 aliphatic heterocycles. The van der Waals surface area contributed by atoms with E-state index < -0.39 is 11.9 Å². The standard InChI is InChI=1S/C13H14FNO2/c1-7(2)11(13(16)17)8-6-15-10-5-3-4-9(14)12(8)10/h3-7,11,15H,1-2H3,(H,16,17). The molecule has 17 heavy (non-hydrogen) atoms. The number of fused-ring (bicyclic) bond motifs is 1. The number of rotatable bonds is 3. The third-order valence-corrected chi connectivity index (χ3v) is 2.95. The summed E-state index contributed by atoms with van der Waals surface area (Å²) in [5, 5.41) is 9.61. The summed E-state index contributed by atoms with van der Waals surface area (Å²) in [6.45, 7) is 3.64. The van der Waals surface area contributed by atoms with E-state index in [1.807, 2.05) is 13.8 Å². The molecule has 90 valence electrons. The maximum absolute atomic E-state index is 13.8. The van der Waals surface area contributed by atoms with Gasteiger partial charge in [0.05, 0.1) is 5.92 Å². The van der Waals surface area contributed by atoms with Gasteiger partial charge in [0, 0.05) is 17.1 Å². The zero-order valence-electron chi connectivity index (χ0n) is 9.70. The van der Waals surface area contributed by atoms with Crippen molar-refractivity contribution in [2.75, 3.05) is 0 Å². The van der Waals surface area contributed by atoms with Crippen LogP contribution in [0.4, 0.5) is 4.39 Å². The van der Waals surface area contributed by atoms with Crippen LogP contribution in [0.25, 0.3) is 10.9 Å². The molecule has 1 aromatic carbocycles. The molecule has 0 bridgehead atoms. The van der Waals surface area contributed by atoms with Crippen molar-refractivity contribution in [3.05, 3.63) is 35.8 Å². The molecule has 3 nitrogen and oxygen atoms in total. The lowest BCUT2D eigenvalue weighted by Crippen LogP contribution is -2.17. The summed E-state index contributed by atoms with van der Waals surface area (Å²) in [6.07, 6.45) is 1.59. The molecule has 0 aliphatic rings. The van der Waals surface area contributed by atoms with Crippen molar-refractivity contribution in [1.29, 1.82) is 0 Å². The monoisotopic (exact) mass is 235 g/mol. The van der Waals surface area contributed by atoms with E-state index in [1.165, 1.54) is 6.07 Å². The number of carboxylic acid groups (broad SMARTS) is 1. The Kier molecular flexibility index (Phi) is 2.88. The van der Waals surface area contributed by atoms with Gasteiger partial charge in [0.15, 0.2) is 0 Å². The highest BCUT2D eigenvalue weighted by molar-refractivity contribution is 5.89. The summed E-state index contributed by atoms with van der Waals surface area (Å²) < 4.78 is 13.8. The fraction of sp³-hybridized carbons (Fsp3) is 0.308. The van der Waals surface area contributed by atoms with Crippen LogP contribution < -0.4 is 0 Å². The molecule has 2 rings (SSSR count). The predicted molar refractivity (Wildman–Crippen MR) is 63.5 cm³/mol. The highest BCUT2D eigenvalue weighted by Crippen LogP contribution is 2.32. The molecule has 0 amide bonds. The Morgan fingerprint density at radius 1 is 1.41 bits per heavy atom. The molecule has 4 heteroatoms. The van der Waals surface area contributed by atoms with Gasteiger partial charge in [0.25, 0.3) is 0 Å². The van der Waals surface area contributed by atoms with Crippen molar-refractivity contribution in [1.82, 2.24) is 4.98 Å². The quantitative estimate of drug-likeness (QED) is 0.858. The van der Waals surface area contributed by atoms with Gasteiger partial charge in [-0.15, -0.1) is 0 Å². The van der Waals surface area contributed by atoms with Gasteiger partial charge in [0.2, 0.25) is 0 Å². The first-order valence-corrected chi connectivity index (χ1v) is 5.50. The predicted octanol–water partition coefficient (Wildman–Crippen LogP) is 3.13. The van der Waals surface area contributed by atoms with Crippen molar-refractivity contribution in [2.24, 2.45) is 5.92 Å². The van der Waals surface area contributed by atoms with E-state index >= 15 is 0 Å². The Morgan fingerprint density at radius 3 is 2.71 bits per heavy atom. The van der Waals surface area contributed by atoms with Crippen molar-refractivity contribution < 1.29 is 14.3 Å². The van der Waals surface area contributed by atoms with Gasteiger partial charge >= 0.3 is 5.97 Å².